The Hall–Kier alpha value is -4.81. The molecule has 5 N–H and O–H groups in total. The van der Waals surface area contributed by atoms with Gasteiger partial charge in [0.1, 0.15) is 16.7 Å². The zero-order chi connectivity index (χ0) is 56.3. The van der Waals surface area contributed by atoms with E-state index >= 15 is 0 Å². The Morgan fingerprint density at radius 3 is 2.33 bits per heavy atom. The number of carboxylic acids is 1. The van der Waals surface area contributed by atoms with Crippen LogP contribution in [0, 0.1) is 17.8 Å². The summed E-state index contributed by atoms with van der Waals surface area (Å²) in [4.78, 5) is 114. The van der Waals surface area contributed by atoms with E-state index in [1.54, 1.807) is 80.4 Å². The number of nitrogens with zero attached hydrogens (tertiary/aromatic N) is 3. The van der Waals surface area contributed by atoms with Crippen LogP contribution in [0.1, 0.15) is 134 Å². The van der Waals surface area contributed by atoms with Gasteiger partial charge in [-0.2, -0.15) is 0 Å². The number of amides is 5. The van der Waals surface area contributed by atoms with Crippen LogP contribution in [0.3, 0.4) is 0 Å². The van der Waals surface area contributed by atoms with Gasteiger partial charge < -0.3 is 50.2 Å². The molecule has 1 aromatic carbocycles. The molecule has 1 aromatic heterocycles. The Balaban J connectivity index is 1.53. The number of anilines is 1. The zero-order valence-electron chi connectivity index (χ0n) is 46.0. The molecule has 0 radical (unpaired) electrons. The maximum Gasteiger partial charge on any atom is 0.313 e. The lowest BCUT2D eigenvalue weighted by Gasteiger charge is -2.38. The molecule has 0 aliphatic carbocycles. The molecule has 3 unspecified atom stereocenters. The number of thiazole rings is 1. The van der Waals surface area contributed by atoms with E-state index in [0.717, 1.165) is 35.7 Å². The van der Waals surface area contributed by atoms with Gasteiger partial charge in [0.05, 0.1) is 55.1 Å². The molecule has 3 heterocycles. The SMILES string of the molecule is CC[C@H](C)[C@H](NC(=O)C(C)(C)N(C)C)C(=O)N(C)[C@H](C[C@@H](OC(C)=O)c1nc(C(=O)N[C@@H](Cc2ccc3c(c2)NC(=O)CCOCCCCC2SCSC2C(=O)NCCOCCC(=O)O3)CC(C)C(=O)O)cs1)C(C)C. The molecular weight excluding hydrogens is 1040 g/mol. The van der Waals surface area contributed by atoms with E-state index < -0.39 is 65.4 Å². The quantitative estimate of drug-likeness (QED) is 0.0789. The lowest BCUT2D eigenvalue weighted by atomic mass is 9.92. The topological polar surface area (TPSA) is 261 Å². The van der Waals surface area contributed by atoms with Crippen molar-refractivity contribution in [1.82, 2.24) is 30.7 Å². The van der Waals surface area contributed by atoms with Crippen molar-refractivity contribution in [3.05, 3.63) is 39.8 Å². The zero-order valence-corrected chi connectivity index (χ0v) is 48.5. The van der Waals surface area contributed by atoms with Gasteiger partial charge in [-0.15, -0.1) is 34.9 Å². The maximum absolute atomic E-state index is 14.3. The first kappa shape index (κ1) is 63.7. The lowest BCUT2D eigenvalue weighted by molar-refractivity contribution is -0.149. The molecule has 2 aromatic rings. The number of hydrogen-bond acceptors (Lipinski definition) is 17. The number of aliphatic carboxylic acids is 1. The second-order valence-electron chi connectivity index (χ2n) is 20.6. The Morgan fingerprint density at radius 1 is 0.947 bits per heavy atom. The fourth-order valence-electron chi connectivity index (χ4n) is 8.46. The lowest BCUT2D eigenvalue weighted by Crippen LogP contribution is -2.60. The van der Waals surface area contributed by atoms with Crippen molar-refractivity contribution >= 4 is 88.0 Å². The Kier molecular flexibility index (Phi) is 26.0. The summed E-state index contributed by atoms with van der Waals surface area (Å²) in [7, 11) is 5.25. The van der Waals surface area contributed by atoms with Gasteiger partial charge in [0, 0.05) is 61.3 Å². The molecule has 1 saturated heterocycles. The highest BCUT2D eigenvalue weighted by Crippen LogP contribution is 2.39. The molecule has 424 valence electrons. The highest BCUT2D eigenvalue weighted by atomic mass is 32.2. The number of hydrogen-bond donors (Lipinski definition) is 5. The van der Waals surface area contributed by atoms with Gasteiger partial charge in [-0.05, 0) is 83.2 Å². The van der Waals surface area contributed by atoms with Crippen molar-refractivity contribution in [1.29, 1.82) is 0 Å². The van der Waals surface area contributed by atoms with Crippen LogP contribution in [-0.4, -0.2) is 161 Å². The van der Waals surface area contributed by atoms with Crippen molar-refractivity contribution in [2.75, 3.05) is 64.5 Å². The number of nitrogens with one attached hydrogen (secondary N) is 4. The molecule has 23 heteroatoms. The van der Waals surface area contributed by atoms with E-state index in [4.69, 9.17) is 18.9 Å². The van der Waals surface area contributed by atoms with Crippen molar-refractivity contribution in [3.8, 4) is 5.75 Å². The predicted molar refractivity (Wildman–Crippen MR) is 294 cm³/mol. The first-order valence-corrected chi connectivity index (χ1v) is 29.1. The predicted octanol–water partition coefficient (Wildman–Crippen LogP) is 6.08. The number of ether oxygens (including phenoxy) is 4. The average Bonchev–Trinajstić information content (AvgIpc) is 4.06. The fraction of sp³-hybridized carbons (Fsp3) is 0.679. The third-order valence-corrected chi connectivity index (χ3v) is 17.9. The summed E-state index contributed by atoms with van der Waals surface area (Å²) in [6.45, 7) is 15.2. The first-order valence-electron chi connectivity index (χ1n) is 26.1. The van der Waals surface area contributed by atoms with E-state index in [1.165, 1.54) is 25.3 Å². The molecule has 76 heavy (non-hydrogen) atoms. The van der Waals surface area contributed by atoms with Crippen molar-refractivity contribution in [2.45, 2.75) is 153 Å². The van der Waals surface area contributed by atoms with Gasteiger partial charge in [0.25, 0.3) is 5.91 Å². The Bertz CT molecular complexity index is 2300. The van der Waals surface area contributed by atoms with Crippen molar-refractivity contribution in [3.63, 3.8) is 0 Å². The number of carbonyl (C=O) groups excluding carboxylic acids is 7. The van der Waals surface area contributed by atoms with Crippen LogP contribution in [0.25, 0.3) is 0 Å². The van der Waals surface area contributed by atoms with Gasteiger partial charge in [0.2, 0.25) is 23.6 Å². The van der Waals surface area contributed by atoms with Crippen LogP contribution < -0.4 is 26.0 Å². The number of benzene rings is 1. The molecule has 2 aliphatic heterocycles. The summed E-state index contributed by atoms with van der Waals surface area (Å²) in [5.74, 6) is -5.10. The third-order valence-electron chi connectivity index (χ3n) is 13.9. The summed E-state index contributed by atoms with van der Waals surface area (Å²) in [6.07, 6.45) is 2.29. The van der Waals surface area contributed by atoms with Crippen LogP contribution in [0.15, 0.2) is 23.6 Å². The molecule has 5 amide bonds. The van der Waals surface area contributed by atoms with Crippen LogP contribution in [0.2, 0.25) is 0 Å². The van der Waals surface area contributed by atoms with E-state index in [-0.39, 0.29) is 109 Å². The number of esters is 2. The van der Waals surface area contributed by atoms with Gasteiger partial charge in [-0.3, -0.25) is 43.3 Å². The molecular formula is C53H81N7O13S3. The minimum Gasteiger partial charge on any atom is -0.481 e. The van der Waals surface area contributed by atoms with Crippen molar-refractivity contribution in [2.24, 2.45) is 17.8 Å². The monoisotopic (exact) mass is 1120 g/mol. The first-order chi connectivity index (χ1) is 35.9. The van der Waals surface area contributed by atoms with Crippen LogP contribution in [0.4, 0.5) is 5.69 Å². The standard InChI is InChI=1S/C53H81N7O13S3/c1-12-32(4)45(58-52(69)53(7,8)59(9)10)50(66)60(11)39(31(2)3)28-41(72-34(6)61)49-57-38(29-74-49)47(64)55-36(25-33(5)51(67)68)26-35-16-17-40-37(27-35)56-43(62)18-22-70-21-14-13-15-42-46(76-30-75-42)48(65)54-20-24-71-23-19-44(63)73-40/h16-17,27,29,31-33,36,39,41-42,45-46H,12-15,18-26,28,30H2,1-11H3,(H,54,65)(H,55,64)(H,56,62)(H,58,69)(H,67,68)/t32-,33?,36+,39+,41+,42?,45-,46?/m0/s1. The average molecular weight is 1120 g/mol. The third kappa shape index (κ3) is 19.6. The minimum absolute atomic E-state index is 0.00588. The fourth-order valence-corrected chi connectivity index (χ4v) is 12.6. The van der Waals surface area contributed by atoms with Crippen LogP contribution in [0.5, 0.6) is 5.75 Å². The van der Waals surface area contributed by atoms with E-state index in [0.29, 0.717) is 30.1 Å². The summed E-state index contributed by atoms with van der Waals surface area (Å²) in [5.41, 5.74) is -0.143. The van der Waals surface area contributed by atoms with Gasteiger partial charge >= 0.3 is 17.9 Å². The Labute approximate surface area is 460 Å². The highest BCUT2D eigenvalue weighted by Gasteiger charge is 2.39. The summed E-state index contributed by atoms with van der Waals surface area (Å²) in [5, 5.41) is 24.4. The van der Waals surface area contributed by atoms with Gasteiger partial charge in [-0.1, -0.05) is 53.5 Å². The molecule has 20 nitrogen and oxygen atoms in total. The molecule has 0 bridgehead atoms. The summed E-state index contributed by atoms with van der Waals surface area (Å²) < 4.78 is 22.9. The normalized spacial score (nSPS) is 20.1. The molecule has 0 saturated carbocycles. The molecule has 1 fully saturated rings. The number of aromatic nitrogens is 1. The largest absolute Gasteiger partial charge is 0.481 e. The van der Waals surface area contributed by atoms with Crippen LogP contribution in [-0.2, 0) is 54.2 Å². The van der Waals surface area contributed by atoms with E-state index in [1.807, 2.05) is 27.7 Å². The number of carboxylic acid groups (broad SMARTS) is 1. The second-order valence-corrected chi connectivity index (χ2v) is 24.2. The minimum atomic E-state index is -1.08. The van der Waals surface area contributed by atoms with E-state index in [2.05, 4.69) is 26.3 Å². The smallest absolute Gasteiger partial charge is 0.313 e. The number of likely N-dealkylation sites (N-methyl/N-ethyl adjacent to an activating group) is 2. The molecule has 2 aliphatic rings. The number of thioether (sulfide) groups is 2. The maximum atomic E-state index is 14.3. The molecule has 0 spiro atoms. The van der Waals surface area contributed by atoms with Gasteiger partial charge in [0.15, 0.2) is 11.9 Å². The highest BCUT2D eigenvalue weighted by molar-refractivity contribution is 8.20. The number of rotatable bonds is 19. The molecule has 4 rings (SSSR count). The second kappa shape index (κ2) is 31.0. The van der Waals surface area contributed by atoms with Gasteiger partial charge in [-0.25, -0.2) is 4.98 Å². The Morgan fingerprint density at radius 2 is 1.66 bits per heavy atom. The number of fused-ring (bicyclic) bond motifs is 2. The van der Waals surface area contributed by atoms with Crippen LogP contribution >= 0.6 is 34.9 Å². The summed E-state index contributed by atoms with van der Waals surface area (Å²) >= 11 is 4.51. The van der Waals surface area contributed by atoms with E-state index in [9.17, 15) is 43.5 Å². The van der Waals surface area contributed by atoms with Crippen molar-refractivity contribution < 1.29 is 62.4 Å². The number of carbonyl (C=O) groups is 8. The molecule has 8 atom stereocenters. The summed E-state index contributed by atoms with van der Waals surface area (Å²) in [6, 6.07) is 2.67.